The predicted octanol–water partition coefficient (Wildman–Crippen LogP) is 5.27. The number of ether oxygens (including phenoxy) is 2. The van der Waals surface area contributed by atoms with Crippen molar-refractivity contribution in [2.45, 2.75) is 17.5 Å². The third-order valence-electron chi connectivity index (χ3n) is 5.00. The smallest absolute Gasteiger partial charge is 0.268 e. The lowest BCUT2D eigenvalue weighted by Crippen LogP contribution is -2.14. The van der Waals surface area contributed by atoms with E-state index in [9.17, 15) is 10.1 Å². The number of nitrogens with one attached hydrogen (secondary N) is 1. The Bertz CT molecular complexity index is 1380. The van der Waals surface area contributed by atoms with Gasteiger partial charge in [0.25, 0.3) is 5.91 Å². The highest BCUT2D eigenvalue weighted by Gasteiger charge is 2.14. The quantitative estimate of drug-likeness (QED) is 0.164. The summed E-state index contributed by atoms with van der Waals surface area (Å²) in [4.78, 5) is 17.1. The average Bonchev–Trinajstić information content (AvgIpc) is 3.55. The zero-order valence-electron chi connectivity index (χ0n) is 19.5. The van der Waals surface area contributed by atoms with Gasteiger partial charge in [-0.05, 0) is 35.9 Å². The van der Waals surface area contributed by atoms with E-state index >= 15 is 0 Å². The van der Waals surface area contributed by atoms with Crippen LogP contribution in [0.1, 0.15) is 11.3 Å². The number of hydrogen-bond acceptors (Lipinski definition) is 8. The lowest BCUT2D eigenvalue weighted by molar-refractivity contribution is -0.112. The molecule has 0 bridgehead atoms. The number of nitriles is 1. The van der Waals surface area contributed by atoms with Crippen LogP contribution < -0.4 is 14.8 Å². The third kappa shape index (κ3) is 6.97. The Morgan fingerprint density at radius 1 is 1.17 bits per heavy atom. The Balaban J connectivity index is 1.34. The Kier molecular flexibility index (Phi) is 8.75. The highest BCUT2D eigenvalue weighted by Crippen LogP contribution is 2.24. The molecule has 2 aromatic heterocycles. The molecule has 0 radical (unpaired) electrons. The van der Waals surface area contributed by atoms with Gasteiger partial charge in [-0.3, -0.25) is 10.1 Å². The second-order valence-electron chi connectivity index (χ2n) is 7.43. The minimum atomic E-state index is -0.534. The molecule has 10 heteroatoms. The molecule has 2 aromatic carbocycles. The van der Waals surface area contributed by atoms with E-state index in [1.54, 1.807) is 13.2 Å². The number of carbonyl (C=O) groups is 1. The van der Waals surface area contributed by atoms with Crippen molar-refractivity contribution in [1.29, 1.82) is 5.26 Å². The van der Waals surface area contributed by atoms with Crippen LogP contribution in [0.4, 0.5) is 5.13 Å². The maximum atomic E-state index is 12.7. The lowest BCUT2D eigenvalue weighted by atomic mass is 10.2. The molecule has 182 valence electrons. The van der Waals surface area contributed by atoms with Crippen molar-refractivity contribution in [2.75, 3.05) is 19.0 Å². The number of rotatable bonds is 11. The molecule has 4 rings (SSSR count). The van der Waals surface area contributed by atoms with Crippen molar-refractivity contribution in [1.82, 2.24) is 13.9 Å². The first kappa shape index (κ1) is 25.0. The summed E-state index contributed by atoms with van der Waals surface area (Å²) in [6.45, 7) is 0.944. The van der Waals surface area contributed by atoms with Crippen molar-refractivity contribution >= 4 is 40.4 Å². The monoisotopic (exact) mass is 517 g/mol. The SMILES string of the molecule is COc1cccc(OCCn2cccc2/C=C(/C#N)C(=O)Nc2nc(SCc3ccccc3)ns2)c1. The highest BCUT2D eigenvalue weighted by atomic mass is 32.2. The number of amides is 1. The molecule has 1 amide bonds. The molecule has 1 N–H and O–H groups in total. The van der Waals surface area contributed by atoms with Crippen molar-refractivity contribution in [3.63, 3.8) is 0 Å². The fourth-order valence-corrected chi connectivity index (χ4v) is 4.71. The van der Waals surface area contributed by atoms with E-state index in [2.05, 4.69) is 14.7 Å². The number of methoxy groups -OCH3 is 1. The molecule has 0 atom stereocenters. The van der Waals surface area contributed by atoms with E-state index in [0.717, 1.165) is 28.6 Å². The van der Waals surface area contributed by atoms with Crippen LogP contribution in [0.25, 0.3) is 6.08 Å². The van der Waals surface area contributed by atoms with Gasteiger partial charge in [0.15, 0.2) is 0 Å². The van der Waals surface area contributed by atoms with Crippen molar-refractivity contribution in [3.05, 3.63) is 89.8 Å². The number of anilines is 1. The number of aromatic nitrogens is 3. The molecule has 8 nitrogen and oxygen atoms in total. The number of nitrogens with zero attached hydrogens (tertiary/aromatic N) is 4. The van der Waals surface area contributed by atoms with Crippen LogP contribution in [0, 0.1) is 11.3 Å². The van der Waals surface area contributed by atoms with Crippen molar-refractivity contribution < 1.29 is 14.3 Å². The van der Waals surface area contributed by atoms with Gasteiger partial charge < -0.3 is 14.0 Å². The van der Waals surface area contributed by atoms with Crippen LogP contribution in [-0.2, 0) is 17.1 Å². The Morgan fingerprint density at radius 2 is 2.00 bits per heavy atom. The van der Waals surface area contributed by atoms with Gasteiger partial charge in [-0.15, -0.1) is 0 Å². The zero-order chi connectivity index (χ0) is 25.2. The topological polar surface area (TPSA) is 102 Å². The van der Waals surface area contributed by atoms with Crippen LogP contribution in [0.5, 0.6) is 11.5 Å². The Morgan fingerprint density at radius 3 is 2.81 bits per heavy atom. The van der Waals surface area contributed by atoms with Gasteiger partial charge in [0.1, 0.15) is 29.7 Å². The van der Waals surface area contributed by atoms with Crippen LogP contribution in [-0.4, -0.2) is 33.5 Å². The molecule has 0 aliphatic heterocycles. The minimum Gasteiger partial charge on any atom is -0.497 e. The summed E-state index contributed by atoms with van der Waals surface area (Å²) >= 11 is 2.57. The van der Waals surface area contributed by atoms with E-state index < -0.39 is 5.91 Å². The van der Waals surface area contributed by atoms with Crippen LogP contribution in [0.2, 0.25) is 0 Å². The van der Waals surface area contributed by atoms with E-state index in [4.69, 9.17) is 9.47 Å². The molecule has 0 aliphatic carbocycles. The Hall–Kier alpha value is -4.07. The zero-order valence-corrected chi connectivity index (χ0v) is 21.1. The number of thioether (sulfide) groups is 1. The van der Waals surface area contributed by atoms with Crippen LogP contribution in [0.15, 0.2) is 83.7 Å². The summed E-state index contributed by atoms with van der Waals surface area (Å²) in [5, 5.41) is 13.2. The number of hydrogen-bond donors (Lipinski definition) is 1. The summed E-state index contributed by atoms with van der Waals surface area (Å²) in [6, 6.07) is 23.0. The van der Waals surface area contributed by atoms with Gasteiger partial charge >= 0.3 is 0 Å². The molecular formula is C26H23N5O3S2. The molecular weight excluding hydrogens is 494 g/mol. The molecule has 0 aliphatic rings. The molecule has 0 saturated heterocycles. The van der Waals surface area contributed by atoms with Crippen molar-refractivity contribution in [2.24, 2.45) is 0 Å². The Labute approximate surface area is 217 Å². The van der Waals surface area contributed by atoms with Gasteiger partial charge in [-0.2, -0.15) is 14.6 Å². The lowest BCUT2D eigenvalue weighted by Gasteiger charge is -2.10. The van der Waals surface area contributed by atoms with E-state index in [1.807, 2.05) is 83.6 Å². The standard InChI is InChI=1S/C26H23N5O3S2/c1-33-22-10-5-11-23(16-22)34-14-13-31-12-6-9-21(31)15-20(17-27)24(32)28-25-29-26(30-36-25)35-18-19-7-3-2-4-8-19/h2-12,15-16H,13-14,18H2,1H3,(H,28,29,30,32)/b20-15-. The van der Waals surface area contributed by atoms with Crippen molar-refractivity contribution in [3.8, 4) is 17.6 Å². The molecule has 0 fully saturated rings. The summed E-state index contributed by atoms with van der Waals surface area (Å²) in [7, 11) is 1.61. The van der Waals surface area contributed by atoms with Gasteiger partial charge in [0.05, 0.1) is 13.7 Å². The highest BCUT2D eigenvalue weighted by molar-refractivity contribution is 7.98. The molecule has 2 heterocycles. The number of benzene rings is 2. The second-order valence-corrected chi connectivity index (χ2v) is 9.13. The van der Waals surface area contributed by atoms with E-state index in [1.165, 1.54) is 11.8 Å². The molecule has 4 aromatic rings. The largest absolute Gasteiger partial charge is 0.497 e. The first-order valence-corrected chi connectivity index (χ1v) is 12.8. The van der Waals surface area contributed by atoms with Gasteiger partial charge in [-0.1, -0.05) is 48.2 Å². The van der Waals surface area contributed by atoms with E-state index in [-0.39, 0.29) is 5.57 Å². The van der Waals surface area contributed by atoms with E-state index in [0.29, 0.717) is 34.9 Å². The first-order chi connectivity index (χ1) is 17.6. The fourth-order valence-electron chi connectivity index (χ4n) is 3.22. The predicted molar refractivity (Wildman–Crippen MR) is 141 cm³/mol. The third-order valence-corrected chi connectivity index (χ3v) is 6.67. The molecule has 0 saturated carbocycles. The maximum absolute atomic E-state index is 12.7. The number of carbonyl (C=O) groups excluding carboxylic acids is 1. The molecule has 0 spiro atoms. The summed E-state index contributed by atoms with van der Waals surface area (Å²) < 4.78 is 17.2. The maximum Gasteiger partial charge on any atom is 0.268 e. The van der Waals surface area contributed by atoms with Gasteiger partial charge in [0.2, 0.25) is 10.3 Å². The second kappa shape index (κ2) is 12.6. The summed E-state index contributed by atoms with van der Waals surface area (Å²) in [5.41, 5.74) is 1.85. The summed E-state index contributed by atoms with van der Waals surface area (Å²) in [5.74, 6) is 1.62. The van der Waals surface area contributed by atoms with Crippen LogP contribution in [0.3, 0.4) is 0 Å². The minimum absolute atomic E-state index is 0.0302. The van der Waals surface area contributed by atoms with Gasteiger partial charge in [0, 0.05) is 35.2 Å². The molecule has 36 heavy (non-hydrogen) atoms. The first-order valence-electron chi connectivity index (χ1n) is 11.0. The normalized spacial score (nSPS) is 11.1. The molecule has 0 unspecified atom stereocenters. The van der Waals surface area contributed by atoms with Crippen LogP contribution >= 0.6 is 23.3 Å². The summed E-state index contributed by atoms with van der Waals surface area (Å²) in [6.07, 6.45) is 3.42. The van der Waals surface area contributed by atoms with Gasteiger partial charge in [-0.25, -0.2) is 0 Å². The fraction of sp³-hybridized carbons (Fsp3) is 0.154. The average molecular weight is 518 g/mol.